The van der Waals surface area contributed by atoms with E-state index in [4.69, 9.17) is 14.9 Å². The van der Waals surface area contributed by atoms with Crippen molar-refractivity contribution in [2.24, 2.45) is 5.92 Å². The molecular formula is C10H21O5P. The first-order valence-electron chi connectivity index (χ1n) is 5.60. The smallest absolute Gasteiger partial charge is 0.328 e. The largest absolute Gasteiger partial charge is 0.481 e. The van der Waals surface area contributed by atoms with Crippen molar-refractivity contribution in [2.45, 2.75) is 51.6 Å². The summed E-state index contributed by atoms with van der Waals surface area (Å²) in [7, 11) is -4.02. The van der Waals surface area contributed by atoms with E-state index in [-0.39, 0.29) is 0 Å². The summed E-state index contributed by atoms with van der Waals surface area (Å²) in [6.07, 6.45) is 2.41. The Hall–Kier alpha value is -0.380. The Balaban J connectivity index is 4.05. The van der Waals surface area contributed by atoms with Gasteiger partial charge < -0.3 is 14.9 Å². The number of aliphatic carboxylic acids is 1. The van der Waals surface area contributed by atoms with Gasteiger partial charge in [0, 0.05) is 0 Å². The third-order valence-corrected chi connectivity index (χ3v) is 4.45. The highest BCUT2D eigenvalue weighted by molar-refractivity contribution is 7.52. The number of hydrogen-bond acceptors (Lipinski definition) is 2. The molecule has 0 radical (unpaired) electrons. The summed E-state index contributed by atoms with van der Waals surface area (Å²) in [5.74, 6) is -1.22. The van der Waals surface area contributed by atoms with Crippen LogP contribution in [0.25, 0.3) is 0 Å². The lowest BCUT2D eigenvalue weighted by Crippen LogP contribution is -2.14. The Bertz CT molecular complexity index is 260. The maximum atomic E-state index is 11.0. The van der Waals surface area contributed by atoms with E-state index in [2.05, 4.69) is 0 Å². The van der Waals surface area contributed by atoms with E-state index in [1.54, 1.807) is 13.8 Å². The maximum Gasteiger partial charge on any atom is 0.328 e. The van der Waals surface area contributed by atoms with Crippen LogP contribution in [0.2, 0.25) is 0 Å². The molecule has 0 aliphatic heterocycles. The number of carboxylic acid groups (broad SMARTS) is 1. The number of carboxylic acids is 1. The van der Waals surface area contributed by atoms with E-state index in [1.165, 1.54) is 0 Å². The van der Waals surface area contributed by atoms with E-state index >= 15 is 0 Å². The highest BCUT2D eigenvalue weighted by Gasteiger charge is 2.26. The van der Waals surface area contributed by atoms with Crippen molar-refractivity contribution in [1.29, 1.82) is 0 Å². The van der Waals surface area contributed by atoms with Crippen molar-refractivity contribution in [1.82, 2.24) is 0 Å². The second kappa shape index (κ2) is 7.05. The van der Waals surface area contributed by atoms with Crippen LogP contribution in [0, 0.1) is 5.92 Å². The maximum absolute atomic E-state index is 11.0. The fraction of sp³-hybridized carbons (Fsp3) is 0.900. The van der Waals surface area contributed by atoms with Gasteiger partial charge in [0.05, 0.1) is 11.6 Å². The first-order chi connectivity index (χ1) is 7.32. The van der Waals surface area contributed by atoms with Crippen molar-refractivity contribution in [3.8, 4) is 0 Å². The summed E-state index contributed by atoms with van der Waals surface area (Å²) in [6.45, 7) is 3.54. The highest BCUT2D eigenvalue weighted by atomic mass is 31.2. The molecule has 0 heterocycles. The molecule has 0 aromatic heterocycles. The highest BCUT2D eigenvalue weighted by Crippen LogP contribution is 2.45. The van der Waals surface area contributed by atoms with Gasteiger partial charge in [-0.25, -0.2) is 0 Å². The summed E-state index contributed by atoms with van der Waals surface area (Å²) in [5.41, 5.74) is -0.626. The molecule has 16 heavy (non-hydrogen) atoms. The summed E-state index contributed by atoms with van der Waals surface area (Å²) in [5, 5.41) is 8.80. The molecule has 2 atom stereocenters. The van der Waals surface area contributed by atoms with E-state index < -0.39 is 25.1 Å². The summed E-state index contributed by atoms with van der Waals surface area (Å²) < 4.78 is 11.0. The molecule has 6 heteroatoms. The lowest BCUT2D eigenvalue weighted by molar-refractivity contribution is -0.142. The third-order valence-electron chi connectivity index (χ3n) is 2.88. The Morgan fingerprint density at radius 3 is 2.06 bits per heavy atom. The van der Waals surface area contributed by atoms with Crippen molar-refractivity contribution in [2.75, 3.05) is 0 Å². The van der Waals surface area contributed by atoms with Gasteiger partial charge >= 0.3 is 13.6 Å². The minimum Gasteiger partial charge on any atom is -0.481 e. The molecule has 0 saturated heterocycles. The van der Waals surface area contributed by atoms with Gasteiger partial charge in [-0.3, -0.25) is 9.36 Å². The third kappa shape index (κ3) is 5.64. The van der Waals surface area contributed by atoms with Crippen LogP contribution in [0.5, 0.6) is 0 Å². The molecular weight excluding hydrogens is 231 g/mol. The van der Waals surface area contributed by atoms with Gasteiger partial charge in [-0.1, -0.05) is 20.3 Å². The Kier molecular flexibility index (Phi) is 6.88. The molecule has 0 spiro atoms. The van der Waals surface area contributed by atoms with Crippen LogP contribution in [0.4, 0.5) is 0 Å². The van der Waals surface area contributed by atoms with Gasteiger partial charge in [0.1, 0.15) is 0 Å². The fourth-order valence-electron chi connectivity index (χ4n) is 1.71. The van der Waals surface area contributed by atoms with Crippen molar-refractivity contribution in [3.05, 3.63) is 0 Å². The summed E-state index contributed by atoms with van der Waals surface area (Å²) in [4.78, 5) is 28.7. The van der Waals surface area contributed by atoms with Gasteiger partial charge in [-0.05, 0) is 25.7 Å². The first-order valence-corrected chi connectivity index (χ1v) is 7.29. The van der Waals surface area contributed by atoms with E-state index in [0.717, 1.165) is 0 Å². The second-order valence-electron chi connectivity index (χ2n) is 4.03. The predicted octanol–water partition coefficient (Wildman–Crippen LogP) is 2.22. The van der Waals surface area contributed by atoms with Crippen LogP contribution in [0.15, 0.2) is 0 Å². The fourth-order valence-corrected chi connectivity index (χ4v) is 2.71. The second-order valence-corrected chi connectivity index (χ2v) is 5.93. The minimum absolute atomic E-state index is 0.393. The van der Waals surface area contributed by atoms with Crippen LogP contribution in [-0.4, -0.2) is 26.5 Å². The van der Waals surface area contributed by atoms with Crippen molar-refractivity contribution < 1.29 is 24.3 Å². The van der Waals surface area contributed by atoms with Crippen LogP contribution in [0.1, 0.15) is 46.0 Å². The molecule has 5 nitrogen and oxygen atoms in total. The zero-order valence-corrected chi connectivity index (χ0v) is 10.7. The summed E-state index contributed by atoms with van der Waals surface area (Å²) in [6, 6.07) is 0. The molecule has 0 saturated carbocycles. The van der Waals surface area contributed by atoms with E-state index in [9.17, 15) is 9.36 Å². The average Bonchev–Trinajstić information content (AvgIpc) is 2.15. The SMILES string of the molecule is CCC(CCCC(CC)P(=O)(O)O)C(=O)O. The minimum atomic E-state index is -4.02. The lowest BCUT2D eigenvalue weighted by Gasteiger charge is -2.17. The molecule has 0 aliphatic carbocycles. The Labute approximate surface area is 96.0 Å². The van der Waals surface area contributed by atoms with Gasteiger partial charge in [-0.15, -0.1) is 0 Å². The predicted molar refractivity (Wildman–Crippen MR) is 61.4 cm³/mol. The van der Waals surface area contributed by atoms with E-state index in [1.807, 2.05) is 0 Å². The average molecular weight is 252 g/mol. The van der Waals surface area contributed by atoms with Crippen LogP contribution >= 0.6 is 7.60 Å². The first kappa shape index (κ1) is 15.6. The van der Waals surface area contributed by atoms with Crippen LogP contribution < -0.4 is 0 Å². The van der Waals surface area contributed by atoms with Crippen molar-refractivity contribution >= 4 is 13.6 Å². The molecule has 2 unspecified atom stereocenters. The number of hydrogen-bond donors (Lipinski definition) is 3. The number of carbonyl (C=O) groups is 1. The lowest BCUT2D eigenvalue weighted by atomic mass is 9.98. The standard InChI is InChI=1S/C10H21O5P/c1-3-8(10(11)12)6-5-7-9(4-2)16(13,14)15/h8-9H,3-7H2,1-2H3,(H,11,12)(H2,13,14,15). The molecule has 3 N–H and O–H groups in total. The van der Waals surface area contributed by atoms with Gasteiger partial charge in [0.2, 0.25) is 0 Å². The molecule has 0 rings (SSSR count). The quantitative estimate of drug-likeness (QED) is 0.576. The summed E-state index contributed by atoms with van der Waals surface area (Å²) >= 11 is 0. The molecule has 0 aromatic carbocycles. The van der Waals surface area contributed by atoms with Gasteiger partial charge in [0.25, 0.3) is 0 Å². The zero-order valence-electron chi connectivity index (χ0n) is 9.80. The molecule has 0 amide bonds. The monoisotopic (exact) mass is 252 g/mol. The molecule has 0 aromatic rings. The molecule has 0 bridgehead atoms. The van der Waals surface area contributed by atoms with Gasteiger partial charge in [-0.2, -0.15) is 0 Å². The Morgan fingerprint density at radius 2 is 1.75 bits per heavy atom. The zero-order chi connectivity index (χ0) is 12.8. The van der Waals surface area contributed by atoms with E-state index in [0.29, 0.717) is 32.1 Å². The number of rotatable bonds is 8. The Morgan fingerprint density at radius 1 is 1.19 bits per heavy atom. The normalized spacial score (nSPS) is 15.8. The van der Waals surface area contributed by atoms with Crippen molar-refractivity contribution in [3.63, 3.8) is 0 Å². The molecule has 96 valence electrons. The van der Waals surface area contributed by atoms with Crippen LogP contribution in [0.3, 0.4) is 0 Å². The van der Waals surface area contributed by atoms with Gasteiger partial charge in [0.15, 0.2) is 0 Å². The van der Waals surface area contributed by atoms with Crippen LogP contribution in [-0.2, 0) is 9.36 Å². The topological polar surface area (TPSA) is 94.8 Å². The molecule has 0 fully saturated rings. The molecule has 0 aliphatic rings.